The first-order valence-corrected chi connectivity index (χ1v) is 4.14. The molecule has 1 rings (SSSR count). The molecule has 4 N–H and O–H groups in total. The molecule has 0 aromatic carbocycles. The first-order chi connectivity index (χ1) is 4.63. The quantitative estimate of drug-likeness (QED) is 0.523. The summed E-state index contributed by atoms with van der Waals surface area (Å²) in [4.78, 5) is 0. The minimum Gasteiger partial charge on any atom is -0.326 e. The van der Waals surface area contributed by atoms with Crippen molar-refractivity contribution in [2.24, 2.45) is 23.3 Å². The smallest absolute Gasteiger partial charge is 0.0220 e. The second kappa shape index (κ2) is 2.89. The lowest BCUT2D eigenvalue weighted by atomic mass is 9.77. The molecule has 0 heterocycles. The largest absolute Gasteiger partial charge is 0.326 e. The summed E-state index contributed by atoms with van der Waals surface area (Å²) >= 11 is 0. The Morgan fingerprint density at radius 2 is 1.20 bits per heavy atom. The minimum atomic E-state index is 0.226. The van der Waals surface area contributed by atoms with E-state index in [2.05, 4.69) is 13.8 Å². The van der Waals surface area contributed by atoms with E-state index in [-0.39, 0.29) is 12.1 Å². The van der Waals surface area contributed by atoms with Crippen molar-refractivity contribution in [3.63, 3.8) is 0 Å². The fourth-order valence-electron chi connectivity index (χ4n) is 1.67. The summed E-state index contributed by atoms with van der Waals surface area (Å²) in [6.07, 6.45) is 2.49. The van der Waals surface area contributed by atoms with E-state index in [1.165, 1.54) is 12.8 Å². The predicted molar refractivity (Wildman–Crippen MR) is 43.5 cm³/mol. The molecule has 10 heavy (non-hydrogen) atoms. The fourth-order valence-corrected chi connectivity index (χ4v) is 1.67. The zero-order valence-electron chi connectivity index (χ0n) is 6.88. The number of hydrogen-bond acceptors (Lipinski definition) is 2. The third-order valence-electron chi connectivity index (χ3n) is 2.84. The van der Waals surface area contributed by atoms with Crippen LogP contribution in [0.1, 0.15) is 26.7 Å². The Bertz CT molecular complexity index is 99.8. The van der Waals surface area contributed by atoms with Crippen LogP contribution in [0.3, 0.4) is 0 Å². The van der Waals surface area contributed by atoms with Crippen LogP contribution in [0.25, 0.3) is 0 Å². The lowest BCUT2D eigenvalue weighted by Crippen LogP contribution is -2.52. The van der Waals surface area contributed by atoms with Crippen molar-refractivity contribution in [1.82, 2.24) is 0 Å². The Kier molecular flexibility index (Phi) is 2.32. The van der Waals surface area contributed by atoms with Gasteiger partial charge in [-0.15, -0.1) is 0 Å². The van der Waals surface area contributed by atoms with E-state index in [9.17, 15) is 0 Å². The number of nitrogens with two attached hydrogens (primary N) is 2. The molecule has 0 unspecified atom stereocenters. The summed E-state index contributed by atoms with van der Waals surface area (Å²) < 4.78 is 0. The number of rotatable bonds is 0. The van der Waals surface area contributed by atoms with E-state index in [0.717, 1.165) is 0 Å². The first kappa shape index (κ1) is 8.02. The summed E-state index contributed by atoms with van der Waals surface area (Å²) in [5.74, 6) is 1.23. The molecule has 0 aliphatic heterocycles. The van der Waals surface area contributed by atoms with Gasteiger partial charge in [-0.1, -0.05) is 13.8 Å². The van der Waals surface area contributed by atoms with Gasteiger partial charge in [0, 0.05) is 12.1 Å². The minimum absolute atomic E-state index is 0.226. The van der Waals surface area contributed by atoms with E-state index in [0.29, 0.717) is 11.8 Å². The van der Waals surface area contributed by atoms with Gasteiger partial charge in [0.15, 0.2) is 0 Å². The third-order valence-corrected chi connectivity index (χ3v) is 2.84. The van der Waals surface area contributed by atoms with Crippen LogP contribution in [0.5, 0.6) is 0 Å². The van der Waals surface area contributed by atoms with Gasteiger partial charge in [-0.2, -0.15) is 0 Å². The zero-order chi connectivity index (χ0) is 7.72. The van der Waals surface area contributed by atoms with Gasteiger partial charge in [-0.25, -0.2) is 0 Å². The van der Waals surface area contributed by atoms with Gasteiger partial charge in [-0.05, 0) is 24.7 Å². The molecule has 0 aromatic rings. The molecule has 0 saturated heterocycles. The lowest BCUT2D eigenvalue weighted by Gasteiger charge is -2.36. The first-order valence-electron chi connectivity index (χ1n) is 4.14. The molecule has 1 fully saturated rings. The molecule has 0 amide bonds. The molecule has 1 aliphatic rings. The second-order valence-electron chi connectivity index (χ2n) is 3.69. The average Bonchev–Trinajstić information content (AvgIpc) is 1.93. The molecule has 4 atom stereocenters. The van der Waals surface area contributed by atoms with Crippen LogP contribution >= 0.6 is 0 Å². The van der Waals surface area contributed by atoms with E-state index in [1.807, 2.05) is 0 Å². The van der Waals surface area contributed by atoms with E-state index in [1.54, 1.807) is 0 Å². The summed E-state index contributed by atoms with van der Waals surface area (Å²) in [6.45, 7) is 4.38. The van der Waals surface area contributed by atoms with Gasteiger partial charge in [-0.3, -0.25) is 0 Å². The van der Waals surface area contributed by atoms with Crippen LogP contribution in [0.15, 0.2) is 0 Å². The zero-order valence-corrected chi connectivity index (χ0v) is 6.88. The molecule has 60 valence electrons. The monoisotopic (exact) mass is 142 g/mol. The Morgan fingerprint density at radius 1 is 0.900 bits per heavy atom. The molecular formula is C8H18N2. The van der Waals surface area contributed by atoms with Crippen molar-refractivity contribution in [1.29, 1.82) is 0 Å². The Hall–Kier alpha value is -0.0800. The van der Waals surface area contributed by atoms with Crippen molar-refractivity contribution >= 4 is 0 Å². The van der Waals surface area contributed by atoms with Gasteiger partial charge < -0.3 is 11.5 Å². The fraction of sp³-hybridized carbons (Fsp3) is 1.00. The van der Waals surface area contributed by atoms with Gasteiger partial charge in [0.05, 0.1) is 0 Å². The van der Waals surface area contributed by atoms with Crippen LogP contribution in [0.2, 0.25) is 0 Å². The van der Waals surface area contributed by atoms with Crippen LogP contribution in [0, 0.1) is 11.8 Å². The highest BCUT2D eigenvalue weighted by molar-refractivity contribution is 4.89. The molecule has 1 aliphatic carbocycles. The Labute approximate surface area is 63.0 Å². The highest BCUT2D eigenvalue weighted by Crippen LogP contribution is 2.26. The standard InChI is InChI=1S/C8H18N2/c1-5-3-4-6(2)8(10)7(5)9/h5-8H,3-4,9-10H2,1-2H3/t5-,6+,7-,8-/m1/s1. The molecule has 2 heteroatoms. The number of hydrogen-bond donors (Lipinski definition) is 2. The van der Waals surface area contributed by atoms with Gasteiger partial charge in [0.2, 0.25) is 0 Å². The maximum Gasteiger partial charge on any atom is 0.0220 e. The second-order valence-corrected chi connectivity index (χ2v) is 3.69. The summed E-state index contributed by atoms with van der Waals surface area (Å²) in [7, 11) is 0. The molecule has 0 radical (unpaired) electrons. The predicted octanol–water partition coefficient (Wildman–Crippen LogP) is 0.707. The summed E-state index contributed by atoms with van der Waals surface area (Å²) in [5.41, 5.74) is 11.8. The molecular weight excluding hydrogens is 124 g/mol. The van der Waals surface area contributed by atoms with Crippen LogP contribution in [0.4, 0.5) is 0 Å². The highest BCUT2D eigenvalue weighted by Gasteiger charge is 2.29. The maximum absolute atomic E-state index is 5.89. The molecule has 0 spiro atoms. The van der Waals surface area contributed by atoms with Crippen molar-refractivity contribution < 1.29 is 0 Å². The SMILES string of the molecule is C[C@@H]1CC[C@H](C)[C@@H](N)[C@@H]1N. The molecule has 0 bridgehead atoms. The van der Waals surface area contributed by atoms with Crippen LogP contribution in [-0.4, -0.2) is 12.1 Å². The van der Waals surface area contributed by atoms with Gasteiger partial charge in [0.1, 0.15) is 0 Å². The highest BCUT2D eigenvalue weighted by atomic mass is 14.8. The third kappa shape index (κ3) is 1.32. The normalized spacial score (nSPS) is 49.2. The lowest BCUT2D eigenvalue weighted by molar-refractivity contribution is 0.227. The van der Waals surface area contributed by atoms with E-state index in [4.69, 9.17) is 11.5 Å². The Morgan fingerprint density at radius 3 is 1.50 bits per heavy atom. The molecule has 0 aromatic heterocycles. The van der Waals surface area contributed by atoms with Crippen molar-refractivity contribution in [2.45, 2.75) is 38.8 Å². The van der Waals surface area contributed by atoms with Crippen molar-refractivity contribution in [2.75, 3.05) is 0 Å². The maximum atomic E-state index is 5.89. The summed E-state index contributed by atoms with van der Waals surface area (Å²) in [5, 5.41) is 0. The van der Waals surface area contributed by atoms with Crippen LogP contribution in [-0.2, 0) is 0 Å². The van der Waals surface area contributed by atoms with Gasteiger partial charge in [0.25, 0.3) is 0 Å². The topological polar surface area (TPSA) is 52.0 Å². The van der Waals surface area contributed by atoms with E-state index >= 15 is 0 Å². The molecule has 2 nitrogen and oxygen atoms in total. The van der Waals surface area contributed by atoms with Crippen molar-refractivity contribution in [3.8, 4) is 0 Å². The van der Waals surface area contributed by atoms with E-state index < -0.39 is 0 Å². The van der Waals surface area contributed by atoms with Crippen LogP contribution < -0.4 is 11.5 Å². The van der Waals surface area contributed by atoms with Gasteiger partial charge >= 0.3 is 0 Å². The summed E-state index contributed by atoms with van der Waals surface area (Å²) in [6, 6.07) is 0.451. The molecule has 1 saturated carbocycles. The average molecular weight is 142 g/mol. The van der Waals surface area contributed by atoms with Crippen molar-refractivity contribution in [3.05, 3.63) is 0 Å². The Balaban J connectivity index is 2.52.